The predicted molar refractivity (Wildman–Crippen MR) is 55.6 cm³/mol. The van der Waals surface area contributed by atoms with Gasteiger partial charge in [0.15, 0.2) is 5.17 Å². The number of nitrogens with zero attached hydrogens (tertiary/aromatic N) is 1. The first kappa shape index (κ1) is 9.14. The Kier molecular flexibility index (Phi) is 2.73. The highest BCUT2D eigenvalue weighted by molar-refractivity contribution is 8.14. The van der Waals surface area contributed by atoms with Crippen molar-refractivity contribution >= 4 is 28.8 Å². The molecule has 2 N–H and O–H groups in total. The smallest absolute Gasteiger partial charge is 0.327 e. The lowest BCUT2D eigenvalue weighted by atomic mass is 10.6. The molecule has 1 aromatic heterocycles. The van der Waals surface area contributed by atoms with Crippen molar-refractivity contribution in [1.29, 1.82) is 0 Å². The van der Waals surface area contributed by atoms with E-state index in [9.17, 15) is 4.79 Å². The van der Waals surface area contributed by atoms with Crippen molar-refractivity contribution in [3.63, 3.8) is 0 Å². The standard InChI is InChI=1S/C8H9N3O2S/c12-7(10-6-2-1-4-13-6)11-8-9-3-5-14-8/h1-2,4H,3,5H2,(H2,9,10,11,12). The summed E-state index contributed by atoms with van der Waals surface area (Å²) in [6.07, 6.45) is 1.50. The number of hydrogen-bond acceptors (Lipinski definition) is 4. The van der Waals surface area contributed by atoms with Crippen LogP contribution in [0.4, 0.5) is 10.7 Å². The topological polar surface area (TPSA) is 66.6 Å². The summed E-state index contributed by atoms with van der Waals surface area (Å²) in [6.45, 7) is 0.765. The van der Waals surface area contributed by atoms with Crippen LogP contribution in [0.2, 0.25) is 0 Å². The normalized spacial score (nSPS) is 15.0. The van der Waals surface area contributed by atoms with E-state index in [1.165, 1.54) is 18.0 Å². The molecule has 1 aliphatic rings. The summed E-state index contributed by atoms with van der Waals surface area (Å²) < 4.78 is 4.95. The molecule has 2 rings (SSSR count). The SMILES string of the molecule is O=C(NC1=NCCS1)Nc1ccco1. The minimum absolute atomic E-state index is 0.326. The third kappa shape index (κ3) is 2.29. The quantitative estimate of drug-likeness (QED) is 0.739. The van der Waals surface area contributed by atoms with Gasteiger partial charge in [-0.25, -0.2) is 4.79 Å². The molecular weight excluding hydrogens is 202 g/mol. The molecule has 0 aliphatic carbocycles. The van der Waals surface area contributed by atoms with Crippen molar-refractivity contribution in [2.24, 2.45) is 4.99 Å². The van der Waals surface area contributed by atoms with Gasteiger partial charge in [-0.3, -0.25) is 15.6 Å². The van der Waals surface area contributed by atoms with Gasteiger partial charge in [0.1, 0.15) is 0 Å². The minimum atomic E-state index is -0.326. The van der Waals surface area contributed by atoms with Crippen molar-refractivity contribution in [3.8, 4) is 0 Å². The van der Waals surface area contributed by atoms with Crippen LogP contribution >= 0.6 is 11.8 Å². The fourth-order valence-corrected chi connectivity index (χ4v) is 1.72. The zero-order valence-electron chi connectivity index (χ0n) is 7.32. The zero-order valence-corrected chi connectivity index (χ0v) is 8.13. The van der Waals surface area contributed by atoms with Crippen molar-refractivity contribution in [3.05, 3.63) is 18.4 Å². The van der Waals surface area contributed by atoms with E-state index in [0.29, 0.717) is 11.1 Å². The number of nitrogens with one attached hydrogen (secondary N) is 2. The van der Waals surface area contributed by atoms with E-state index in [4.69, 9.17) is 4.42 Å². The Labute approximate surface area is 85.0 Å². The van der Waals surface area contributed by atoms with Crippen molar-refractivity contribution < 1.29 is 9.21 Å². The molecule has 0 unspecified atom stereocenters. The van der Waals surface area contributed by atoms with Gasteiger partial charge >= 0.3 is 6.03 Å². The van der Waals surface area contributed by atoms with Crippen LogP contribution in [-0.4, -0.2) is 23.5 Å². The van der Waals surface area contributed by atoms with E-state index < -0.39 is 0 Å². The number of hydrogen-bond donors (Lipinski definition) is 2. The number of carbonyl (C=O) groups is 1. The number of rotatable bonds is 1. The molecule has 0 atom stereocenters. The summed E-state index contributed by atoms with van der Waals surface area (Å²) in [5.74, 6) is 1.35. The van der Waals surface area contributed by atoms with Gasteiger partial charge in [0.2, 0.25) is 5.88 Å². The van der Waals surface area contributed by atoms with E-state index in [2.05, 4.69) is 15.6 Å². The van der Waals surface area contributed by atoms with Crippen LogP contribution in [0.15, 0.2) is 27.8 Å². The molecule has 1 aromatic rings. The first-order chi connectivity index (χ1) is 6.84. The first-order valence-corrected chi connectivity index (χ1v) is 5.12. The van der Waals surface area contributed by atoms with Crippen molar-refractivity contribution in [2.75, 3.05) is 17.6 Å². The Bertz CT molecular complexity index is 347. The Balaban J connectivity index is 1.84. The third-order valence-electron chi connectivity index (χ3n) is 1.56. The van der Waals surface area contributed by atoms with E-state index >= 15 is 0 Å². The van der Waals surface area contributed by atoms with E-state index in [0.717, 1.165) is 12.3 Å². The Morgan fingerprint density at radius 1 is 1.57 bits per heavy atom. The molecule has 0 aromatic carbocycles. The summed E-state index contributed by atoms with van der Waals surface area (Å²) in [7, 11) is 0. The maximum atomic E-state index is 11.3. The summed E-state index contributed by atoms with van der Waals surface area (Å²) in [4.78, 5) is 15.4. The third-order valence-corrected chi connectivity index (χ3v) is 2.46. The van der Waals surface area contributed by atoms with Gasteiger partial charge in [-0.15, -0.1) is 0 Å². The van der Waals surface area contributed by atoms with Crippen LogP contribution in [0.1, 0.15) is 0 Å². The lowest BCUT2D eigenvalue weighted by Crippen LogP contribution is -2.31. The number of urea groups is 1. The molecule has 6 heteroatoms. The molecule has 0 radical (unpaired) electrons. The number of amides is 2. The van der Waals surface area contributed by atoms with Gasteiger partial charge in [-0.2, -0.15) is 0 Å². The van der Waals surface area contributed by atoms with Crippen LogP contribution in [0.5, 0.6) is 0 Å². The molecule has 0 fully saturated rings. The molecule has 0 saturated carbocycles. The average molecular weight is 211 g/mol. The highest BCUT2D eigenvalue weighted by Gasteiger charge is 2.10. The van der Waals surface area contributed by atoms with Gasteiger partial charge in [-0.05, 0) is 6.07 Å². The van der Waals surface area contributed by atoms with Gasteiger partial charge in [0, 0.05) is 11.8 Å². The molecule has 74 valence electrons. The van der Waals surface area contributed by atoms with Gasteiger partial charge in [0.05, 0.1) is 12.8 Å². The van der Waals surface area contributed by atoms with Gasteiger partial charge < -0.3 is 4.42 Å². The minimum Gasteiger partial charge on any atom is -0.449 e. The Morgan fingerprint density at radius 3 is 3.14 bits per heavy atom. The molecule has 0 bridgehead atoms. The molecule has 0 saturated heterocycles. The summed E-state index contributed by atoms with van der Waals surface area (Å²) in [5.41, 5.74) is 0. The second-order valence-corrected chi connectivity index (χ2v) is 3.68. The van der Waals surface area contributed by atoms with Crippen LogP contribution in [-0.2, 0) is 0 Å². The number of anilines is 1. The Hall–Kier alpha value is -1.43. The van der Waals surface area contributed by atoms with E-state index in [1.807, 2.05) is 0 Å². The summed E-state index contributed by atoms with van der Waals surface area (Å²) >= 11 is 1.53. The van der Waals surface area contributed by atoms with Gasteiger partial charge in [-0.1, -0.05) is 11.8 Å². The van der Waals surface area contributed by atoms with E-state index in [-0.39, 0.29) is 6.03 Å². The highest BCUT2D eigenvalue weighted by atomic mass is 32.2. The monoisotopic (exact) mass is 211 g/mol. The summed E-state index contributed by atoms with van der Waals surface area (Å²) in [6, 6.07) is 3.05. The second-order valence-electron chi connectivity index (χ2n) is 2.59. The van der Waals surface area contributed by atoms with Crippen molar-refractivity contribution in [1.82, 2.24) is 5.32 Å². The van der Waals surface area contributed by atoms with Crippen LogP contribution in [0.3, 0.4) is 0 Å². The highest BCUT2D eigenvalue weighted by Crippen LogP contribution is 2.10. The average Bonchev–Trinajstić information content (AvgIpc) is 2.76. The largest absolute Gasteiger partial charge is 0.449 e. The fourth-order valence-electron chi connectivity index (χ4n) is 1.00. The Morgan fingerprint density at radius 2 is 2.50 bits per heavy atom. The van der Waals surface area contributed by atoms with Crippen LogP contribution in [0, 0.1) is 0 Å². The molecule has 2 amide bonds. The van der Waals surface area contributed by atoms with E-state index in [1.54, 1.807) is 12.1 Å². The number of thioether (sulfide) groups is 1. The van der Waals surface area contributed by atoms with Crippen LogP contribution in [0.25, 0.3) is 0 Å². The molecule has 1 aliphatic heterocycles. The fraction of sp³-hybridized carbons (Fsp3) is 0.250. The van der Waals surface area contributed by atoms with Gasteiger partial charge in [0.25, 0.3) is 0 Å². The zero-order chi connectivity index (χ0) is 9.80. The molecule has 2 heterocycles. The number of amidine groups is 1. The van der Waals surface area contributed by atoms with Crippen molar-refractivity contribution in [2.45, 2.75) is 0 Å². The number of carbonyl (C=O) groups excluding carboxylic acids is 1. The molecular formula is C8H9N3O2S. The number of furan rings is 1. The molecule has 14 heavy (non-hydrogen) atoms. The predicted octanol–water partition coefficient (Wildman–Crippen LogP) is 1.50. The summed E-state index contributed by atoms with van der Waals surface area (Å²) in [5, 5.41) is 5.82. The first-order valence-electron chi connectivity index (χ1n) is 4.13. The van der Waals surface area contributed by atoms with Crippen LogP contribution < -0.4 is 10.6 Å². The molecule has 5 nitrogen and oxygen atoms in total. The lowest BCUT2D eigenvalue weighted by Gasteiger charge is -2.03. The lowest BCUT2D eigenvalue weighted by molar-refractivity contribution is 0.255. The maximum Gasteiger partial charge on any atom is 0.327 e. The number of aliphatic imine (C=N–C) groups is 1. The molecule has 0 spiro atoms. The second kappa shape index (κ2) is 4.19. The maximum absolute atomic E-state index is 11.3.